The van der Waals surface area contributed by atoms with Gasteiger partial charge in [0.05, 0.1) is 10.2 Å². The molecule has 29 heavy (non-hydrogen) atoms. The lowest BCUT2D eigenvalue weighted by molar-refractivity contribution is -0.123. The van der Waals surface area contributed by atoms with Gasteiger partial charge >= 0.3 is 6.03 Å². The van der Waals surface area contributed by atoms with Crippen molar-refractivity contribution in [2.24, 2.45) is 0 Å². The molecule has 1 aliphatic rings. The molecule has 0 aliphatic carbocycles. The van der Waals surface area contributed by atoms with Crippen LogP contribution in [0.15, 0.2) is 42.0 Å². The van der Waals surface area contributed by atoms with Crippen LogP contribution in [0.2, 0.25) is 5.02 Å². The minimum absolute atomic E-state index is 0.174. The number of halogens is 2. The van der Waals surface area contributed by atoms with Crippen LogP contribution in [-0.4, -0.2) is 24.5 Å². The number of nitrogens with one attached hydrogen (secondary N) is 2. The van der Waals surface area contributed by atoms with Crippen LogP contribution in [0.3, 0.4) is 0 Å². The van der Waals surface area contributed by atoms with Crippen molar-refractivity contribution in [2.45, 2.75) is 13.5 Å². The van der Waals surface area contributed by atoms with Crippen molar-refractivity contribution >= 4 is 58.1 Å². The maximum Gasteiger partial charge on any atom is 0.328 e. The van der Waals surface area contributed by atoms with Gasteiger partial charge in [-0.25, -0.2) is 4.79 Å². The van der Waals surface area contributed by atoms with Gasteiger partial charge in [0.25, 0.3) is 11.8 Å². The SMILES string of the molecule is CCOc1cc(C=C2C(=O)NC(=O)NC2=O)cc(I)c1OCc1ccccc1Cl. The van der Waals surface area contributed by atoms with E-state index in [0.29, 0.717) is 28.7 Å². The lowest BCUT2D eigenvalue weighted by atomic mass is 10.1. The first-order chi connectivity index (χ1) is 13.9. The molecule has 1 saturated heterocycles. The predicted molar refractivity (Wildman–Crippen MR) is 116 cm³/mol. The second-order valence-corrected chi connectivity index (χ2v) is 7.51. The van der Waals surface area contributed by atoms with Crippen LogP contribution in [0.1, 0.15) is 18.1 Å². The lowest BCUT2D eigenvalue weighted by Gasteiger charge is -2.16. The van der Waals surface area contributed by atoms with Crippen LogP contribution in [0.4, 0.5) is 4.79 Å². The molecule has 1 fully saturated rings. The van der Waals surface area contributed by atoms with Gasteiger partial charge in [0.15, 0.2) is 11.5 Å². The van der Waals surface area contributed by atoms with E-state index < -0.39 is 17.8 Å². The Morgan fingerprint density at radius 2 is 1.76 bits per heavy atom. The Morgan fingerprint density at radius 3 is 2.41 bits per heavy atom. The number of hydrogen-bond donors (Lipinski definition) is 2. The van der Waals surface area contributed by atoms with E-state index in [-0.39, 0.29) is 12.2 Å². The average Bonchev–Trinajstić information content (AvgIpc) is 2.65. The highest BCUT2D eigenvalue weighted by molar-refractivity contribution is 14.1. The normalized spacial score (nSPS) is 13.6. The van der Waals surface area contributed by atoms with E-state index in [9.17, 15) is 14.4 Å². The number of imide groups is 2. The molecule has 1 heterocycles. The number of carbonyl (C=O) groups is 3. The molecule has 0 radical (unpaired) electrons. The minimum atomic E-state index is -0.843. The van der Waals surface area contributed by atoms with Gasteiger partial charge in [-0.1, -0.05) is 29.8 Å². The van der Waals surface area contributed by atoms with E-state index >= 15 is 0 Å². The number of hydrogen-bond acceptors (Lipinski definition) is 5. The average molecular weight is 527 g/mol. The fourth-order valence-electron chi connectivity index (χ4n) is 2.61. The maximum atomic E-state index is 11.9. The summed E-state index contributed by atoms with van der Waals surface area (Å²) in [6.45, 7) is 2.49. The van der Waals surface area contributed by atoms with Crippen molar-refractivity contribution in [1.82, 2.24) is 10.6 Å². The van der Waals surface area contributed by atoms with Gasteiger partial charge in [0.1, 0.15) is 12.2 Å². The third kappa shape index (κ3) is 5.07. The van der Waals surface area contributed by atoms with E-state index in [4.69, 9.17) is 21.1 Å². The van der Waals surface area contributed by atoms with Gasteiger partial charge < -0.3 is 9.47 Å². The van der Waals surface area contributed by atoms with Gasteiger partial charge in [0.2, 0.25) is 0 Å². The number of carbonyl (C=O) groups excluding carboxylic acids is 3. The highest BCUT2D eigenvalue weighted by atomic mass is 127. The molecule has 1 aliphatic heterocycles. The van der Waals surface area contributed by atoms with Crippen LogP contribution in [0.25, 0.3) is 6.08 Å². The van der Waals surface area contributed by atoms with Crippen LogP contribution in [0, 0.1) is 3.57 Å². The molecule has 0 unspecified atom stereocenters. The van der Waals surface area contributed by atoms with Crippen LogP contribution in [0.5, 0.6) is 11.5 Å². The quantitative estimate of drug-likeness (QED) is 0.340. The van der Waals surface area contributed by atoms with Crippen LogP contribution >= 0.6 is 34.2 Å². The summed E-state index contributed by atoms with van der Waals surface area (Å²) in [5.74, 6) is -0.523. The summed E-state index contributed by atoms with van der Waals surface area (Å²) in [4.78, 5) is 35.1. The Kier molecular flexibility index (Phi) is 6.75. The van der Waals surface area contributed by atoms with Crippen molar-refractivity contribution in [3.63, 3.8) is 0 Å². The molecule has 0 bridgehead atoms. The monoisotopic (exact) mass is 526 g/mol. The summed E-state index contributed by atoms with van der Waals surface area (Å²) in [6.07, 6.45) is 1.39. The summed E-state index contributed by atoms with van der Waals surface area (Å²) in [6, 6.07) is 9.94. The molecular formula is C20H16ClIN2O5. The Bertz CT molecular complexity index is 1000. The fraction of sp³-hybridized carbons (Fsp3) is 0.150. The molecule has 150 valence electrons. The molecule has 2 N–H and O–H groups in total. The molecule has 4 amide bonds. The third-order valence-electron chi connectivity index (χ3n) is 3.92. The molecule has 0 atom stereocenters. The Hall–Kier alpha value is -2.59. The number of rotatable bonds is 6. The first-order valence-electron chi connectivity index (χ1n) is 8.60. The zero-order valence-corrected chi connectivity index (χ0v) is 18.2. The van der Waals surface area contributed by atoms with E-state index in [1.165, 1.54) is 6.08 Å². The highest BCUT2D eigenvalue weighted by Crippen LogP contribution is 2.36. The molecule has 7 nitrogen and oxygen atoms in total. The summed E-state index contributed by atoms with van der Waals surface area (Å²) in [5.41, 5.74) is 1.21. The van der Waals surface area contributed by atoms with Crippen molar-refractivity contribution in [3.05, 3.63) is 61.7 Å². The summed E-state index contributed by atoms with van der Waals surface area (Å²) in [7, 11) is 0. The number of urea groups is 1. The largest absolute Gasteiger partial charge is 0.490 e. The van der Waals surface area contributed by atoms with Crippen molar-refractivity contribution in [3.8, 4) is 11.5 Å². The Morgan fingerprint density at radius 1 is 1.07 bits per heavy atom. The van der Waals surface area contributed by atoms with Gasteiger partial charge in [-0.3, -0.25) is 20.2 Å². The van der Waals surface area contributed by atoms with Crippen molar-refractivity contribution < 1.29 is 23.9 Å². The van der Waals surface area contributed by atoms with Crippen molar-refractivity contribution in [2.75, 3.05) is 6.61 Å². The summed E-state index contributed by atoms with van der Waals surface area (Å²) >= 11 is 8.27. The first kappa shape index (κ1) is 21.1. The molecule has 2 aromatic rings. The summed E-state index contributed by atoms with van der Waals surface area (Å²) < 4.78 is 12.4. The predicted octanol–water partition coefficient (Wildman–Crippen LogP) is 3.67. The number of benzene rings is 2. The minimum Gasteiger partial charge on any atom is -0.490 e. The molecule has 0 aromatic heterocycles. The maximum absolute atomic E-state index is 11.9. The molecule has 9 heteroatoms. The second kappa shape index (κ2) is 9.27. The third-order valence-corrected chi connectivity index (χ3v) is 5.09. The zero-order chi connectivity index (χ0) is 21.0. The van der Waals surface area contributed by atoms with Crippen LogP contribution < -0.4 is 20.1 Å². The zero-order valence-electron chi connectivity index (χ0n) is 15.3. The van der Waals surface area contributed by atoms with Gasteiger partial charge in [-0.2, -0.15) is 0 Å². The molecule has 0 spiro atoms. The topological polar surface area (TPSA) is 93.7 Å². The smallest absolute Gasteiger partial charge is 0.328 e. The molecule has 0 saturated carbocycles. The van der Waals surface area contributed by atoms with Gasteiger partial charge in [-0.05, 0) is 59.4 Å². The van der Waals surface area contributed by atoms with Gasteiger partial charge in [0, 0.05) is 10.6 Å². The molecule has 3 rings (SSSR count). The standard InChI is InChI=1S/C20H16ClIN2O5/c1-2-28-16-9-11(7-13-18(25)23-20(27)24-19(13)26)8-15(22)17(16)29-10-12-5-3-4-6-14(12)21/h3-9H,2,10H2,1H3,(H2,23,24,25,26,27). The number of amides is 4. The Balaban J connectivity index is 1.91. The van der Waals surface area contributed by atoms with E-state index in [1.807, 2.05) is 35.8 Å². The van der Waals surface area contributed by atoms with Crippen molar-refractivity contribution in [1.29, 1.82) is 0 Å². The molecular weight excluding hydrogens is 511 g/mol. The first-order valence-corrected chi connectivity index (χ1v) is 10.1. The Labute approximate surface area is 185 Å². The van der Waals surface area contributed by atoms with E-state index in [2.05, 4.69) is 22.6 Å². The summed E-state index contributed by atoms with van der Waals surface area (Å²) in [5, 5.41) is 4.68. The lowest BCUT2D eigenvalue weighted by Crippen LogP contribution is -2.51. The number of barbiturate groups is 1. The van der Waals surface area contributed by atoms with Crippen LogP contribution in [-0.2, 0) is 16.2 Å². The van der Waals surface area contributed by atoms with Gasteiger partial charge in [-0.15, -0.1) is 0 Å². The highest BCUT2D eigenvalue weighted by Gasteiger charge is 2.28. The molecule has 2 aromatic carbocycles. The van der Waals surface area contributed by atoms with E-state index in [1.54, 1.807) is 18.2 Å². The van der Waals surface area contributed by atoms with E-state index in [0.717, 1.165) is 9.13 Å². The fourth-order valence-corrected chi connectivity index (χ4v) is 3.58. The number of ether oxygens (including phenoxy) is 2. The second-order valence-electron chi connectivity index (χ2n) is 5.94.